The number of hydrogen-bond donors (Lipinski definition) is 0. The first-order valence-electron chi connectivity index (χ1n) is 9.69. The summed E-state index contributed by atoms with van der Waals surface area (Å²) in [6, 6.07) is 10.1. The maximum atomic E-state index is 12.9. The molecule has 2 atom stereocenters. The molecule has 2 bridgehead atoms. The molecule has 2 saturated heterocycles. The van der Waals surface area contributed by atoms with E-state index in [1.165, 1.54) is 5.56 Å². The summed E-state index contributed by atoms with van der Waals surface area (Å²) in [5.74, 6) is 0.0832. The van der Waals surface area contributed by atoms with Crippen LogP contribution >= 0.6 is 0 Å². The standard InChI is InChI=1S/C21H30N2O3/c1-21(2,3)26-20(25)23-17-12-7-13-18(23)19(24)22(15-17)14-8-11-16-9-5-4-6-10-16/h4-6,9-10,17-18H,7-8,11-15H2,1-3H3. The lowest BCUT2D eigenvalue weighted by molar-refractivity contribution is -0.147. The number of piperidine rings is 1. The predicted molar refractivity (Wildman–Crippen MR) is 101 cm³/mol. The van der Waals surface area contributed by atoms with E-state index in [1.54, 1.807) is 4.90 Å². The monoisotopic (exact) mass is 358 g/mol. The second kappa shape index (κ2) is 7.68. The summed E-state index contributed by atoms with van der Waals surface area (Å²) in [6.07, 6.45) is 4.25. The van der Waals surface area contributed by atoms with Crippen LogP contribution in [0.3, 0.4) is 0 Å². The third-order valence-electron chi connectivity index (χ3n) is 5.11. The number of aryl methyl sites for hydroxylation is 1. The van der Waals surface area contributed by atoms with Gasteiger partial charge in [-0.3, -0.25) is 9.69 Å². The highest BCUT2D eigenvalue weighted by Gasteiger charge is 2.46. The highest BCUT2D eigenvalue weighted by molar-refractivity contribution is 5.87. The van der Waals surface area contributed by atoms with Gasteiger partial charge in [0, 0.05) is 13.1 Å². The lowest BCUT2D eigenvalue weighted by atomic mass is 9.91. The molecular formula is C21H30N2O3. The van der Waals surface area contributed by atoms with Gasteiger partial charge in [0.05, 0.1) is 6.04 Å². The Kier molecular flexibility index (Phi) is 5.54. The maximum Gasteiger partial charge on any atom is 0.411 e. The largest absolute Gasteiger partial charge is 0.444 e. The third-order valence-corrected chi connectivity index (χ3v) is 5.11. The van der Waals surface area contributed by atoms with Crippen molar-refractivity contribution in [2.24, 2.45) is 0 Å². The van der Waals surface area contributed by atoms with Gasteiger partial charge in [-0.15, -0.1) is 0 Å². The van der Waals surface area contributed by atoms with Crippen molar-refractivity contribution in [3.63, 3.8) is 0 Å². The van der Waals surface area contributed by atoms with Crippen LogP contribution in [0, 0.1) is 0 Å². The SMILES string of the molecule is CC(C)(C)OC(=O)N1C2CCCC1C(=O)N(CCCc1ccccc1)C2. The molecule has 1 aromatic rings. The Bertz CT molecular complexity index is 638. The summed E-state index contributed by atoms with van der Waals surface area (Å²) in [7, 11) is 0. The molecule has 2 heterocycles. The maximum absolute atomic E-state index is 12.9. The Morgan fingerprint density at radius 3 is 2.62 bits per heavy atom. The lowest BCUT2D eigenvalue weighted by Gasteiger charge is -2.49. The van der Waals surface area contributed by atoms with Gasteiger partial charge in [0.25, 0.3) is 0 Å². The number of ether oxygens (including phenoxy) is 1. The Morgan fingerprint density at radius 1 is 1.19 bits per heavy atom. The molecule has 0 aliphatic carbocycles. The number of likely N-dealkylation sites (tertiary alicyclic amines) is 1. The first-order valence-corrected chi connectivity index (χ1v) is 9.69. The highest BCUT2D eigenvalue weighted by atomic mass is 16.6. The van der Waals surface area contributed by atoms with Crippen molar-refractivity contribution >= 4 is 12.0 Å². The molecule has 0 saturated carbocycles. The second-order valence-corrected chi connectivity index (χ2v) is 8.36. The van der Waals surface area contributed by atoms with Crippen LogP contribution in [-0.4, -0.2) is 52.6 Å². The fourth-order valence-corrected chi connectivity index (χ4v) is 3.97. The Balaban J connectivity index is 1.61. The molecule has 0 aromatic heterocycles. The predicted octanol–water partition coefficient (Wildman–Crippen LogP) is 3.62. The normalized spacial score (nSPS) is 23.1. The zero-order valence-corrected chi connectivity index (χ0v) is 16.1. The smallest absolute Gasteiger partial charge is 0.411 e. The topological polar surface area (TPSA) is 49.9 Å². The fourth-order valence-electron chi connectivity index (χ4n) is 3.97. The van der Waals surface area contributed by atoms with E-state index in [1.807, 2.05) is 43.9 Å². The van der Waals surface area contributed by atoms with E-state index < -0.39 is 5.60 Å². The minimum absolute atomic E-state index is 0.0815. The van der Waals surface area contributed by atoms with E-state index in [2.05, 4.69) is 12.1 Å². The first-order chi connectivity index (χ1) is 12.3. The van der Waals surface area contributed by atoms with E-state index in [0.29, 0.717) is 6.54 Å². The van der Waals surface area contributed by atoms with E-state index in [9.17, 15) is 9.59 Å². The Morgan fingerprint density at radius 2 is 1.92 bits per heavy atom. The molecule has 142 valence electrons. The van der Waals surface area contributed by atoms with Gasteiger partial charge in [-0.2, -0.15) is 0 Å². The zero-order valence-electron chi connectivity index (χ0n) is 16.1. The molecule has 5 nitrogen and oxygen atoms in total. The van der Waals surface area contributed by atoms with Crippen LogP contribution in [0.25, 0.3) is 0 Å². The summed E-state index contributed by atoms with van der Waals surface area (Å²) in [4.78, 5) is 29.2. The van der Waals surface area contributed by atoms with Crippen LogP contribution in [0.1, 0.15) is 52.0 Å². The molecule has 26 heavy (non-hydrogen) atoms. The Hall–Kier alpha value is -2.04. The van der Waals surface area contributed by atoms with Crippen molar-refractivity contribution in [1.82, 2.24) is 9.80 Å². The average Bonchev–Trinajstić information content (AvgIpc) is 2.58. The van der Waals surface area contributed by atoms with Crippen molar-refractivity contribution in [3.05, 3.63) is 35.9 Å². The summed E-state index contributed by atoms with van der Waals surface area (Å²) >= 11 is 0. The number of carbonyl (C=O) groups excluding carboxylic acids is 2. The molecule has 1 aromatic carbocycles. The van der Waals surface area contributed by atoms with Crippen LogP contribution in [0.5, 0.6) is 0 Å². The van der Waals surface area contributed by atoms with E-state index in [0.717, 1.165) is 38.6 Å². The van der Waals surface area contributed by atoms with Crippen molar-refractivity contribution < 1.29 is 14.3 Å². The number of amides is 2. The minimum atomic E-state index is -0.540. The number of hydrogen-bond acceptors (Lipinski definition) is 3. The molecule has 2 aliphatic heterocycles. The molecule has 0 radical (unpaired) electrons. The van der Waals surface area contributed by atoms with Crippen LogP contribution in [-0.2, 0) is 16.0 Å². The van der Waals surface area contributed by atoms with Crippen LogP contribution in [0.2, 0.25) is 0 Å². The van der Waals surface area contributed by atoms with Crippen molar-refractivity contribution in [1.29, 1.82) is 0 Å². The molecule has 2 unspecified atom stereocenters. The number of carbonyl (C=O) groups is 2. The average molecular weight is 358 g/mol. The molecule has 2 aliphatic rings. The molecule has 2 amide bonds. The summed E-state index contributed by atoms with van der Waals surface area (Å²) in [5, 5.41) is 0. The second-order valence-electron chi connectivity index (χ2n) is 8.36. The highest BCUT2D eigenvalue weighted by Crippen LogP contribution is 2.31. The quantitative estimate of drug-likeness (QED) is 0.826. The summed E-state index contributed by atoms with van der Waals surface area (Å²) < 4.78 is 5.55. The first kappa shape index (κ1) is 18.7. The van der Waals surface area contributed by atoms with Gasteiger partial charge >= 0.3 is 6.09 Å². The molecule has 0 spiro atoms. The Labute approximate surface area is 156 Å². The van der Waals surface area contributed by atoms with Crippen LogP contribution in [0.15, 0.2) is 30.3 Å². The molecule has 0 N–H and O–H groups in total. The lowest BCUT2D eigenvalue weighted by Crippen LogP contribution is -2.65. The van der Waals surface area contributed by atoms with Gasteiger partial charge in [-0.1, -0.05) is 30.3 Å². The van der Waals surface area contributed by atoms with Gasteiger partial charge in [-0.25, -0.2) is 4.79 Å². The van der Waals surface area contributed by atoms with Gasteiger partial charge in [0.1, 0.15) is 11.6 Å². The number of benzene rings is 1. The number of fused-ring (bicyclic) bond motifs is 2. The van der Waals surface area contributed by atoms with Crippen molar-refractivity contribution in [2.75, 3.05) is 13.1 Å². The van der Waals surface area contributed by atoms with Crippen molar-refractivity contribution in [2.45, 2.75) is 70.6 Å². The minimum Gasteiger partial charge on any atom is -0.444 e. The van der Waals surface area contributed by atoms with Gasteiger partial charge in [-0.05, 0) is 58.4 Å². The van der Waals surface area contributed by atoms with Crippen LogP contribution in [0.4, 0.5) is 4.79 Å². The third kappa shape index (κ3) is 4.37. The van der Waals surface area contributed by atoms with Gasteiger partial charge in [0.15, 0.2) is 0 Å². The van der Waals surface area contributed by atoms with E-state index >= 15 is 0 Å². The zero-order chi connectivity index (χ0) is 18.7. The summed E-state index contributed by atoms with van der Waals surface area (Å²) in [5.41, 5.74) is 0.758. The number of nitrogens with zero attached hydrogens (tertiary/aromatic N) is 2. The van der Waals surface area contributed by atoms with E-state index in [4.69, 9.17) is 4.74 Å². The molecular weight excluding hydrogens is 328 g/mol. The van der Waals surface area contributed by atoms with Gasteiger partial charge < -0.3 is 9.64 Å². The van der Waals surface area contributed by atoms with E-state index in [-0.39, 0.29) is 24.1 Å². The fraction of sp³-hybridized carbons (Fsp3) is 0.619. The summed E-state index contributed by atoms with van der Waals surface area (Å²) in [6.45, 7) is 6.97. The molecule has 3 rings (SSSR count). The van der Waals surface area contributed by atoms with Crippen LogP contribution < -0.4 is 0 Å². The number of rotatable bonds is 4. The molecule has 5 heteroatoms. The van der Waals surface area contributed by atoms with Gasteiger partial charge in [0.2, 0.25) is 5.91 Å². The van der Waals surface area contributed by atoms with Crippen molar-refractivity contribution in [3.8, 4) is 0 Å². The number of piperazine rings is 1. The molecule has 2 fully saturated rings.